The van der Waals surface area contributed by atoms with Crippen LogP contribution in [0.25, 0.3) is 0 Å². The highest BCUT2D eigenvalue weighted by Crippen LogP contribution is 2.13. The van der Waals surface area contributed by atoms with Crippen LogP contribution in [0.3, 0.4) is 0 Å². The number of benzene rings is 2. The number of rotatable bonds is 9. The lowest BCUT2D eigenvalue weighted by Crippen LogP contribution is -2.26. The van der Waals surface area contributed by atoms with Crippen molar-refractivity contribution in [2.45, 2.75) is 39.5 Å². The Bertz CT molecular complexity index is 1100. The maximum Gasteiger partial charge on any atom is 0.300 e. The van der Waals surface area contributed by atoms with E-state index < -0.39 is 11.9 Å². The van der Waals surface area contributed by atoms with E-state index in [2.05, 4.69) is 15.3 Å². The number of guanidine groups is 2. The molecule has 0 saturated heterocycles. The van der Waals surface area contributed by atoms with Gasteiger partial charge in [-0.2, -0.15) is 4.99 Å². The molecule has 0 bridgehead atoms. The minimum Gasteiger partial charge on any atom is -0.481 e. The molecule has 2 aromatic rings. The lowest BCUT2D eigenvalue weighted by Gasteiger charge is -2.06. The van der Waals surface area contributed by atoms with E-state index in [1.165, 1.54) is 0 Å². The second kappa shape index (κ2) is 19.2. The molecule has 13 heteroatoms. The third-order valence-electron chi connectivity index (χ3n) is 4.02. The Labute approximate surface area is 231 Å². The highest BCUT2D eigenvalue weighted by Gasteiger charge is 2.05. The molecule has 38 heavy (non-hydrogen) atoms. The van der Waals surface area contributed by atoms with Crippen molar-refractivity contribution >= 4 is 64.2 Å². The topological polar surface area (TPSA) is 211 Å². The van der Waals surface area contributed by atoms with Crippen LogP contribution in [-0.2, 0) is 16.0 Å². The molecule has 2 aromatic carbocycles. The van der Waals surface area contributed by atoms with E-state index in [1.807, 2.05) is 12.1 Å². The number of halogens is 2. The van der Waals surface area contributed by atoms with Gasteiger partial charge >= 0.3 is 0 Å². The molecule has 0 aromatic heterocycles. The summed E-state index contributed by atoms with van der Waals surface area (Å²) in [6.07, 6.45) is 2.05. The molecule has 0 spiro atoms. The van der Waals surface area contributed by atoms with Gasteiger partial charge in [-0.05, 0) is 54.8 Å². The van der Waals surface area contributed by atoms with Crippen LogP contribution >= 0.6 is 23.2 Å². The van der Waals surface area contributed by atoms with Crippen LogP contribution in [0.15, 0.2) is 58.5 Å². The number of nitrogens with zero attached hydrogens (tertiary/aromatic N) is 2. The van der Waals surface area contributed by atoms with Gasteiger partial charge in [-0.3, -0.25) is 14.6 Å². The van der Waals surface area contributed by atoms with Crippen molar-refractivity contribution in [2.24, 2.45) is 21.5 Å². The monoisotopic (exact) mass is 565 g/mol. The zero-order valence-electron chi connectivity index (χ0n) is 21.2. The van der Waals surface area contributed by atoms with E-state index in [0.29, 0.717) is 53.7 Å². The molecule has 0 saturated carbocycles. The van der Waals surface area contributed by atoms with Gasteiger partial charge in [-0.1, -0.05) is 35.3 Å². The highest BCUT2D eigenvalue weighted by molar-refractivity contribution is 6.30. The summed E-state index contributed by atoms with van der Waals surface area (Å²) in [6, 6.07) is 14.4. The number of aliphatic imine (C=N–C) groups is 2. The maximum absolute atomic E-state index is 9.00. The molecule has 11 nitrogen and oxygen atoms in total. The first kappa shape index (κ1) is 34.0. The Balaban J connectivity index is 0.00000150. The number of anilines is 1. The van der Waals surface area contributed by atoms with Crippen molar-refractivity contribution in [3.8, 4) is 0 Å². The first-order chi connectivity index (χ1) is 17.8. The summed E-state index contributed by atoms with van der Waals surface area (Å²) < 4.78 is 0. The molecule has 0 aliphatic carbocycles. The molecule has 0 aliphatic rings. The molecule has 0 atom stereocenters. The van der Waals surface area contributed by atoms with Crippen molar-refractivity contribution in [3.63, 3.8) is 0 Å². The number of carboxylic acids is 2. The molecule has 0 heterocycles. The average molecular weight is 566 g/mol. The van der Waals surface area contributed by atoms with E-state index in [-0.39, 0.29) is 11.9 Å². The number of nitrogens with one attached hydrogen (secondary N) is 3. The average Bonchev–Trinajstić information content (AvgIpc) is 2.79. The van der Waals surface area contributed by atoms with Crippen molar-refractivity contribution < 1.29 is 19.8 Å². The van der Waals surface area contributed by atoms with Crippen LogP contribution < -0.4 is 16.8 Å². The first-order valence-corrected chi connectivity index (χ1v) is 12.0. The summed E-state index contributed by atoms with van der Waals surface area (Å²) in [7, 11) is 0. The summed E-state index contributed by atoms with van der Waals surface area (Å²) in [5.74, 6) is -1.47. The molecule has 0 radical (unpaired) electrons. The smallest absolute Gasteiger partial charge is 0.300 e. The SMILES string of the molecule is CC(=O)O.CC(=O)O.N=C(CCCN=C(N)N=C(N)Nc1ccc(Cl)cc1)CC(=N)Cc1ccc(Cl)cc1. The van der Waals surface area contributed by atoms with Gasteiger partial charge < -0.3 is 37.8 Å². The fourth-order valence-corrected chi connectivity index (χ4v) is 2.86. The van der Waals surface area contributed by atoms with Crippen molar-refractivity contribution in [2.75, 3.05) is 11.9 Å². The van der Waals surface area contributed by atoms with Gasteiger partial charge in [0.15, 0.2) is 0 Å². The van der Waals surface area contributed by atoms with E-state index in [0.717, 1.165) is 25.1 Å². The lowest BCUT2D eigenvalue weighted by atomic mass is 10.0. The van der Waals surface area contributed by atoms with Crippen LogP contribution in [0, 0.1) is 10.8 Å². The number of carbonyl (C=O) groups is 2. The predicted octanol–water partition coefficient (Wildman–Crippen LogP) is 4.67. The molecule has 0 amide bonds. The molecular weight excluding hydrogens is 533 g/mol. The summed E-state index contributed by atoms with van der Waals surface area (Å²) in [4.78, 5) is 26.1. The van der Waals surface area contributed by atoms with Gasteiger partial charge in [0.05, 0.1) is 0 Å². The van der Waals surface area contributed by atoms with Crippen LogP contribution in [-0.4, -0.2) is 52.0 Å². The first-order valence-electron chi connectivity index (χ1n) is 11.2. The number of hydrogen-bond acceptors (Lipinski definition) is 5. The van der Waals surface area contributed by atoms with E-state index in [9.17, 15) is 0 Å². The van der Waals surface area contributed by atoms with Gasteiger partial charge in [0.2, 0.25) is 11.9 Å². The van der Waals surface area contributed by atoms with Crippen molar-refractivity contribution in [3.05, 3.63) is 64.1 Å². The number of hydrogen-bond donors (Lipinski definition) is 7. The molecule has 0 fully saturated rings. The molecule has 9 N–H and O–H groups in total. The highest BCUT2D eigenvalue weighted by atomic mass is 35.5. The Morgan fingerprint density at radius 3 is 1.87 bits per heavy atom. The predicted molar refractivity (Wildman–Crippen MR) is 154 cm³/mol. The van der Waals surface area contributed by atoms with Crippen LogP contribution in [0.4, 0.5) is 5.69 Å². The largest absolute Gasteiger partial charge is 0.481 e. The third-order valence-corrected chi connectivity index (χ3v) is 4.52. The summed E-state index contributed by atoms with van der Waals surface area (Å²) in [5.41, 5.74) is 14.3. The van der Waals surface area contributed by atoms with E-state index in [4.69, 9.17) is 65.3 Å². The van der Waals surface area contributed by atoms with Gasteiger partial charge in [-0.15, -0.1) is 0 Å². The Morgan fingerprint density at radius 1 is 0.895 bits per heavy atom. The third kappa shape index (κ3) is 20.3. The van der Waals surface area contributed by atoms with E-state index >= 15 is 0 Å². The van der Waals surface area contributed by atoms with E-state index in [1.54, 1.807) is 36.4 Å². The summed E-state index contributed by atoms with van der Waals surface area (Å²) >= 11 is 11.7. The zero-order valence-corrected chi connectivity index (χ0v) is 22.7. The Kier molecular flexibility index (Phi) is 17.2. The van der Waals surface area contributed by atoms with Crippen molar-refractivity contribution in [1.82, 2.24) is 0 Å². The number of nitrogens with two attached hydrogens (primary N) is 2. The molecule has 206 valence electrons. The normalized spacial score (nSPS) is 10.7. The number of carboxylic acid groups (broad SMARTS) is 2. The fraction of sp³-hybridized carbons (Fsp3) is 0.280. The Hall–Kier alpha value is -3.96. The van der Waals surface area contributed by atoms with Crippen LogP contribution in [0.5, 0.6) is 0 Å². The van der Waals surface area contributed by atoms with Crippen molar-refractivity contribution in [1.29, 1.82) is 10.8 Å². The van der Waals surface area contributed by atoms with Gasteiger partial charge in [0.25, 0.3) is 11.9 Å². The second-order valence-electron chi connectivity index (χ2n) is 7.70. The fourth-order valence-electron chi connectivity index (χ4n) is 2.61. The Morgan fingerprint density at radius 2 is 1.37 bits per heavy atom. The van der Waals surface area contributed by atoms with Crippen LogP contribution in [0.2, 0.25) is 10.0 Å². The van der Waals surface area contributed by atoms with Gasteiger partial charge in [0.1, 0.15) is 0 Å². The maximum atomic E-state index is 9.00. The van der Waals surface area contributed by atoms with Crippen LogP contribution in [0.1, 0.15) is 38.7 Å². The molecule has 2 rings (SSSR count). The number of aliphatic carboxylic acids is 2. The van der Waals surface area contributed by atoms with Gasteiger partial charge in [0, 0.05) is 60.4 Å². The molecule has 0 unspecified atom stereocenters. The minimum atomic E-state index is -0.833. The quantitative estimate of drug-likeness (QED) is 0.129. The lowest BCUT2D eigenvalue weighted by molar-refractivity contribution is -0.135. The second-order valence-corrected chi connectivity index (χ2v) is 8.57. The van der Waals surface area contributed by atoms with Gasteiger partial charge in [-0.25, -0.2) is 0 Å². The summed E-state index contributed by atoms with van der Waals surface area (Å²) in [5, 5.41) is 35.2. The summed E-state index contributed by atoms with van der Waals surface area (Å²) in [6.45, 7) is 2.59. The minimum absolute atomic E-state index is 0.0657. The zero-order chi connectivity index (χ0) is 29.1. The standard InChI is InChI=1S/C21H25Cl2N7.2C2H4O2/c22-15-5-3-14(4-6-15)12-18(25)13-17(24)2-1-11-28-20(26)30-21(27)29-19-9-7-16(23)8-10-19;2*1-2(3)4/h3-10,24-25H,1-2,11-13H2,(H5,26,27,28,29,30);2*1H3,(H,3,4). The molecule has 0 aliphatic heterocycles. The molecular formula is C25H33Cl2N7O4.